The van der Waals surface area contributed by atoms with Crippen LogP contribution in [0.4, 0.5) is 0 Å². The maximum Gasteiger partial charge on any atom is 0.335 e. The second-order valence-corrected chi connectivity index (χ2v) is 8.63. The van der Waals surface area contributed by atoms with E-state index in [0.29, 0.717) is 11.0 Å². The third kappa shape index (κ3) is 3.18. The zero-order valence-corrected chi connectivity index (χ0v) is 14.0. The van der Waals surface area contributed by atoms with Crippen molar-refractivity contribution >= 4 is 5.97 Å². The second-order valence-electron chi connectivity index (χ2n) is 8.63. The molecule has 2 nitrogen and oxygen atoms in total. The lowest BCUT2D eigenvalue weighted by Gasteiger charge is -2.57. The Balaban J connectivity index is 1.27. The fourth-order valence-electron chi connectivity index (χ4n) is 6.24. The van der Waals surface area contributed by atoms with Crippen molar-refractivity contribution in [2.24, 2.45) is 23.2 Å². The summed E-state index contributed by atoms with van der Waals surface area (Å²) in [5.74, 6) is 2.35. The molecule has 4 bridgehead atoms. The summed E-state index contributed by atoms with van der Waals surface area (Å²) in [4.78, 5) is 10.9. The van der Waals surface area contributed by atoms with Crippen LogP contribution in [0.2, 0.25) is 0 Å². The van der Waals surface area contributed by atoms with Crippen molar-refractivity contribution in [1.82, 2.24) is 0 Å². The highest BCUT2D eigenvalue weighted by molar-refractivity contribution is 5.87. The Morgan fingerprint density at radius 1 is 0.957 bits per heavy atom. The van der Waals surface area contributed by atoms with Crippen LogP contribution in [0, 0.1) is 23.2 Å². The van der Waals surface area contributed by atoms with E-state index in [0.717, 1.165) is 24.2 Å². The molecule has 1 aromatic rings. The first-order valence-electron chi connectivity index (χ1n) is 9.44. The molecular formula is C21H28O2. The highest BCUT2D eigenvalue weighted by Gasteiger charge is 2.50. The van der Waals surface area contributed by atoms with E-state index in [-0.39, 0.29) is 0 Å². The lowest BCUT2D eigenvalue weighted by molar-refractivity contribution is -0.0582. The van der Waals surface area contributed by atoms with Crippen molar-refractivity contribution in [3.8, 4) is 0 Å². The average molecular weight is 312 g/mol. The first-order chi connectivity index (χ1) is 11.1. The van der Waals surface area contributed by atoms with Crippen LogP contribution < -0.4 is 0 Å². The van der Waals surface area contributed by atoms with Crippen LogP contribution in [0.1, 0.15) is 73.7 Å². The number of aryl methyl sites for hydroxylation is 1. The van der Waals surface area contributed by atoms with Crippen LogP contribution in [-0.4, -0.2) is 11.1 Å². The third-order valence-electron chi connectivity index (χ3n) is 6.79. The second kappa shape index (κ2) is 5.96. The summed E-state index contributed by atoms with van der Waals surface area (Å²) in [5, 5.41) is 8.94. The molecular weight excluding hydrogens is 284 g/mol. The normalized spacial score (nSPS) is 34.7. The van der Waals surface area contributed by atoms with Gasteiger partial charge in [0.15, 0.2) is 0 Å². The van der Waals surface area contributed by atoms with Gasteiger partial charge in [-0.05, 0) is 98.7 Å². The van der Waals surface area contributed by atoms with Crippen molar-refractivity contribution in [3.63, 3.8) is 0 Å². The van der Waals surface area contributed by atoms with Crippen molar-refractivity contribution in [3.05, 3.63) is 35.4 Å². The Bertz CT molecular complexity index is 537. The minimum Gasteiger partial charge on any atom is -0.478 e. The van der Waals surface area contributed by atoms with Gasteiger partial charge in [-0.1, -0.05) is 18.6 Å². The van der Waals surface area contributed by atoms with Gasteiger partial charge in [0.1, 0.15) is 0 Å². The number of hydrogen-bond acceptors (Lipinski definition) is 1. The lowest BCUT2D eigenvalue weighted by atomic mass is 9.48. The number of rotatable bonds is 6. The highest BCUT2D eigenvalue weighted by atomic mass is 16.4. The van der Waals surface area contributed by atoms with Gasteiger partial charge in [0.05, 0.1) is 5.56 Å². The molecule has 0 radical (unpaired) electrons. The van der Waals surface area contributed by atoms with Gasteiger partial charge in [0.25, 0.3) is 0 Å². The Morgan fingerprint density at radius 2 is 1.52 bits per heavy atom. The van der Waals surface area contributed by atoms with Gasteiger partial charge in [-0.15, -0.1) is 0 Å². The number of carboxylic acids is 1. The molecule has 0 spiro atoms. The molecule has 23 heavy (non-hydrogen) atoms. The minimum absolute atomic E-state index is 0.391. The molecule has 4 fully saturated rings. The van der Waals surface area contributed by atoms with E-state index in [1.807, 2.05) is 12.1 Å². The molecule has 1 aromatic carbocycles. The van der Waals surface area contributed by atoms with Crippen LogP contribution in [0.15, 0.2) is 24.3 Å². The van der Waals surface area contributed by atoms with E-state index in [9.17, 15) is 4.79 Å². The van der Waals surface area contributed by atoms with Crippen molar-refractivity contribution in [1.29, 1.82) is 0 Å². The van der Waals surface area contributed by atoms with E-state index in [4.69, 9.17) is 5.11 Å². The van der Waals surface area contributed by atoms with Crippen LogP contribution in [0.25, 0.3) is 0 Å². The Hall–Kier alpha value is -1.31. The molecule has 0 heterocycles. The van der Waals surface area contributed by atoms with Crippen LogP contribution >= 0.6 is 0 Å². The van der Waals surface area contributed by atoms with E-state index < -0.39 is 5.97 Å². The molecule has 4 saturated carbocycles. The molecule has 2 heteroatoms. The number of aromatic carboxylic acids is 1. The van der Waals surface area contributed by atoms with Gasteiger partial charge in [0.2, 0.25) is 0 Å². The van der Waals surface area contributed by atoms with E-state index in [1.165, 1.54) is 63.4 Å². The number of benzene rings is 1. The third-order valence-corrected chi connectivity index (χ3v) is 6.79. The van der Waals surface area contributed by atoms with Gasteiger partial charge < -0.3 is 5.11 Å². The summed E-state index contributed by atoms with van der Waals surface area (Å²) in [7, 11) is 0. The van der Waals surface area contributed by atoms with Crippen molar-refractivity contribution in [2.75, 3.05) is 0 Å². The van der Waals surface area contributed by atoms with Gasteiger partial charge >= 0.3 is 5.97 Å². The zero-order chi connectivity index (χ0) is 15.9. The van der Waals surface area contributed by atoms with E-state index >= 15 is 0 Å². The first kappa shape index (κ1) is 15.2. The summed E-state index contributed by atoms with van der Waals surface area (Å²) in [6, 6.07) is 7.43. The topological polar surface area (TPSA) is 37.3 Å². The standard InChI is InChI=1S/C21H28O2/c22-20(23)19-6-4-15(5-7-19)3-1-2-8-21-12-16-9-17(13-21)11-18(10-16)14-21/h4-7,16-18H,1-3,8-14H2,(H,22,23). The molecule has 4 aliphatic rings. The Kier molecular flexibility index (Phi) is 3.95. The summed E-state index contributed by atoms with van der Waals surface area (Å²) in [6.07, 6.45) is 14.3. The number of carbonyl (C=O) groups is 1. The van der Waals surface area contributed by atoms with Crippen molar-refractivity contribution in [2.45, 2.75) is 64.2 Å². The molecule has 124 valence electrons. The predicted octanol–water partition coefficient (Wildman–Crippen LogP) is 5.31. The monoisotopic (exact) mass is 312 g/mol. The molecule has 0 saturated heterocycles. The van der Waals surface area contributed by atoms with Crippen LogP contribution in [-0.2, 0) is 6.42 Å². The quantitative estimate of drug-likeness (QED) is 0.722. The largest absolute Gasteiger partial charge is 0.478 e. The minimum atomic E-state index is -0.835. The Labute approximate surface area is 139 Å². The summed E-state index contributed by atoms with van der Waals surface area (Å²) in [6.45, 7) is 0. The molecule has 0 amide bonds. The van der Waals surface area contributed by atoms with Gasteiger partial charge in [0, 0.05) is 0 Å². The fourth-order valence-corrected chi connectivity index (χ4v) is 6.24. The summed E-state index contributed by atoms with van der Waals surface area (Å²) < 4.78 is 0. The molecule has 0 aromatic heterocycles. The number of carboxylic acid groups (broad SMARTS) is 1. The average Bonchev–Trinajstić information content (AvgIpc) is 2.51. The highest BCUT2D eigenvalue weighted by Crippen LogP contribution is 2.61. The van der Waals surface area contributed by atoms with Crippen molar-refractivity contribution < 1.29 is 9.90 Å². The summed E-state index contributed by atoms with van der Waals surface area (Å²) in [5.41, 5.74) is 2.38. The maximum absolute atomic E-state index is 10.9. The summed E-state index contributed by atoms with van der Waals surface area (Å²) >= 11 is 0. The van der Waals surface area contributed by atoms with E-state index in [1.54, 1.807) is 12.1 Å². The molecule has 0 atom stereocenters. The molecule has 5 rings (SSSR count). The predicted molar refractivity (Wildman–Crippen MR) is 91.6 cm³/mol. The maximum atomic E-state index is 10.9. The van der Waals surface area contributed by atoms with Gasteiger partial charge in [-0.25, -0.2) is 4.79 Å². The Morgan fingerprint density at radius 3 is 2.04 bits per heavy atom. The smallest absolute Gasteiger partial charge is 0.335 e. The molecule has 1 N–H and O–H groups in total. The van der Waals surface area contributed by atoms with Gasteiger partial charge in [-0.2, -0.15) is 0 Å². The van der Waals surface area contributed by atoms with Crippen LogP contribution in [0.3, 0.4) is 0 Å². The van der Waals surface area contributed by atoms with E-state index in [2.05, 4.69) is 0 Å². The number of unbranched alkanes of at least 4 members (excludes halogenated alkanes) is 1. The lowest BCUT2D eigenvalue weighted by Crippen LogP contribution is -2.45. The number of hydrogen-bond donors (Lipinski definition) is 1. The van der Waals surface area contributed by atoms with Crippen LogP contribution in [0.5, 0.6) is 0 Å². The SMILES string of the molecule is O=C(O)c1ccc(CCCCC23CC4CC(CC(C4)C2)C3)cc1. The molecule has 0 aliphatic heterocycles. The zero-order valence-electron chi connectivity index (χ0n) is 14.0. The molecule has 0 unspecified atom stereocenters. The first-order valence-corrected chi connectivity index (χ1v) is 9.44. The fraction of sp³-hybridized carbons (Fsp3) is 0.667. The molecule has 4 aliphatic carbocycles. The van der Waals surface area contributed by atoms with Gasteiger partial charge in [-0.3, -0.25) is 0 Å².